The number of rotatable bonds is 8. The lowest BCUT2D eigenvalue weighted by Gasteiger charge is -2.41. The molecule has 2 atom stereocenters. The molecule has 3 aromatic rings. The summed E-state index contributed by atoms with van der Waals surface area (Å²) in [5, 5.41) is 7.33. The van der Waals surface area contributed by atoms with Gasteiger partial charge in [0.25, 0.3) is 5.91 Å². The van der Waals surface area contributed by atoms with Gasteiger partial charge in [-0.05, 0) is 68.2 Å². The second kappa shape index (κ2) is 9.72. The van der Waals surface area contributed by atoms with Crippen molar-refractivity contribution in [3.63, 3.8) is 0 Å². The third-order valence-electron chi connectivity index (χ3n) is 7.36. The number of primary amides is 1. The molecule has 9 heteroatoms. The predicted octanol–water partition coefficient (Wildman–Crippen LogP) is 4.55. The molecule has 1 aromatic carbocycles. The van der Waals surface area contributed by atoms with E-state index in [-0.39, 0.29) is 35.4 Å². The Morgan fingerprint density at radius 1 is 1.19 bits per heavy atom. The number of pyridine rings is 1. The summed E-state index contributed by atoms with van der Waals surface area (Å²) < 4.78 is 16.4. The van der Waals surface area contributed by atoms with Gasteiger partial charge in [0.05, 0.1) is 35.0 Å². The van der Waals surface area contributed by atoms with Crippen LogP contribution in [0.2, 0.25) is 0 Å². The van der Waals surface area contributed by atoms with Crippen LogP contribution in [0.15, 0.2) is 42.9 Å². The molecular formula is C27H31FN6O2. The topological polar surface area (TPSA) is 106 Å². The Kier molecular flexibility index (Phi) is 6.47. The standard InChI is InChI=1S/C27H31FN6O2/c1-16-18(11-25(35)22-8-7-19(10-23(22)28)17-5-6-17)4-3-9-34(16)21-12-24(26(27(29)36)30-14-21)32-20-13-31-33(2)15-20/h7-8,10,12-18,32H,3-6,9,11H2,1-2H3,(H2,29,36)/t16-,18+/m1/s1. The van der Waals surface area contributed by atoms with Crippen LogP contribution in [0.5, 0.6) is 0 Å². The fourth-order valence-electron chi connectivity index (χ4n) is 5.18. The Labute approximate surface area is 209 Å². The minimum atomic E-state index is -0.627. The lowest BCUT2D eigenvalue weighted by atomic mass is 9.84. The van der Waals surface area contributed by atoms with Gasteiger partial charge in [-0.3, -0.25) is 14.3 Å². The second-order valence-corrected chi connectivity index (χ2v) is 9.96. The van der Waals surface area contributed by atoms with Gasteiger partial charge in [0, 0.05) is 32.3 Å². The fourth-order valence-corrected chi connectivity index (χ4v) is 5.18. The van der Waals surface area contributed by atoms with Gasteiger partial charge in [0.1, 0.15) is 5.82 Å². The number of halogens is 1. The summed E-state index contributed by atoms with van der Waals surface area (Å²) in [4.78, 5) is 31.6. The summed E-state index contributed by atoms with van der Waals surface area (Å²) in [5.41, 5.74) is 8.91. The summed E-state index contributed by atoms with van der Waals surface area (Å²) in [5.74, 6) is -0.684. The first-order valence-corrected chi connectivity index (χ1v) is 12.4. The van der Waals surface area contributed by atoms with Crippen LogP contribution in [0.3, 0.4) is 0 Å². The molecule has 0 bridgehead atoms. The number of piperidine rings is 1. The van der Waals surface area contributed by atoms with Crippen molar-refractivity contribution >= 4 is 28.8 Å². The number of amides is 1. The number of aromatic nitrogens is 3. The van der Waals surface area contributed by atoms with Crippen LogP contribution in [0.4, 0.5) is 21.5 Å². The molecule has 0 spiro atoms. The van der Waals surface area contributed by atoms with Crippen molar-refractivity contribution in [3.8, 4) is 0 Å². The van der Waals surface area contributed by atoms with E-state index in [0.717, 1.165) is 43.5 Å². The molecule has 36 heavy (non-hydrogen) atoms. The van der Waals surface area contributed by atoms with Gasteiger partial charge in [-0.15, -0.1) is 0 Å². The number of nitrogens with two attached hydrogens (primary N) is 1. The normalized spacial score (nSPS) is 19.8. The lowest BCUT2D eigenvalue weighted by Crippen LogP contribution is -2.44. The molecule has 0 radical (unpaired) electrons. The van der Waals surface area contributed by atoms with Crippen LogP contribution in [0.25, 0.3) is 0 Å². The molecule has 1 aliphatic heterocycles. The van der Waals surface area contributed by atoms with E-state index in [1.54, 1.807) is 36.4 Å². The monoisotopic (exact) mass is 490 g/mol. The minimum Gasteiger partial charge on any atom is -0.367 e. The highest BCUT2D eigenvalue weighted by Gasteiger charge is 2.32. The van der Waals surface area contributed by atoms with E-state index in [0.29, 0.717) is 17.3 Å². The molecule has 3 heterocycles. The van der Waals surface area contributed by atoms with Crippen molar-refractivity contribution in [3.05, 3.63) is 65.5 Å². The average molecular weight is 491 g/mol. The zero-order chi connectivity index (χ0) is 25.4. The average Bonchev–Trinajstić information content (AvgIpc) is 3.62. The smallest absolute Gasteiger partial charge is 0.269 e. The number of nitrogens with one attached hydrogen (secondary N) is 1. The first-order valence-electron chi connectivity index (χ1n) is 12.4. The van der Waals surface area contributed by atoms with Gasteiger partial charge < -0.3 is 16.0 Å². The molecule has 1 aliphatic carbocycles. The van der Waals surface area contributed by atoms with E-state index in [9.17, 15) is 14.0 Å². The first kappa shape index (κ1) is 24.0. The molecule has 1 saturated heterocycles. The number of carbonyl (C=O) groups is 2. The van der Waals surface area contributed by atoms with Gasteiger partial charge in [0.2, 0.25) is 0 Å². The van der Waals surface area contributed by atoms with Crippen molar-refractivity contribution in [2.24, 2.45) is 18.7 Å². The van der Waals surface area contributed by atoms with E-state index in [1.807, 2.05) is 12.1 Å². The quantitative estimate of drug-likeness (QED) is 0.449. The van der Waals surface area contributed by atoms with Gasteiger partial charge >= 0.3 is 0 Å². The summed E-state index contributed by atoms with van der Waals surface area (Å²) in [7, 11) is 1.80. The molecule has 2 fully saturated rings. The maximum absolute atomic E-state index is 14.7. The Bertz CT molecular complexity index is 1300. The second-order valence-electron chi connectivity index (χ2n) is 9.96. The molecule has 3 N–H and O–H groups in total. The van der Waals surface area contributed by atoms with Crippen molar-refractivity contribution < 1.29 is 14.0 Å². The molecule has 2 aromatic heterocycles. The fraction of sp³-hybridized carbons (Fsp3) is 0.407. The van der Waals surface area contributed by atoms with E-state index in [2.05, 4.69) is 27.2 Å². The lowest BCUT2D eigenvalue weighted by molar-refractivity contribution is 0.0941. The zero-order valence-corrected chi connectivity index (χ0v) is 20.6. The zero-order valence-electron chi connectivity index (χ0n) is 20.6. The number of aryl methyl sites for hydroxylation is 1. The molecule has 5 rings (SSSR count). The highest BCUT2D eigenvalue weighted by molar-refractivity contribution is 5.98. The van der Waals surface area contributed by atoms with E-state index in [4.69, 9.17) is 5.73 Å². The number of benzene rings is 1. The Balaban J connectivity index is 1.34. The van der Waals surface area contributed by atoms with E-state index < -0.39 is 11.7 Å². The van der Waals surface area contributed by atoms with Crippen LogP contribution in [-0.4, -0.2) is 39.0 Å². The highest BCUT2D eigenvalue weighted by atomic mass is 19.1. The van der Waals surface area contributed by atoms with Crippen LogP contribution in [-0.2, 0) is 7.05 Å². The summed E-state index contributed by atoms with van der Waals surface area (Å²) in [6, 6.07) is 6.97. The molecule has 2 aliphatic rings. The molecule has 188 valence electrons. The Morgan fingerprint density at radius 2 is 2.00 bits per heavy atom. The molecular weight excluding hydrogens is 459 g/mol. The SMILES string of the molecule is C[C@@H]1[C@H](CC(=O)c2ccc(C3CC3)cc2F)CCCN1c1cnc(C(N)=O)c(Nc2cnn(C)c2)c1. The predicted molar refractivity (Wildman–Crippen MR) is 136 cm³/mol. The Morgan fingerprint density at radius 3 is 2.67 bits per heavy atom. The number of ketones is 1. The van der Waals surface area contributed by atoms with Crippen molar-refractivity contribution in [2.75, 3.05) is 16.8 Å². The summed E-state index contributed by atoms with van der Waals surface area (Å²) in [6.45, 7) is 2.88. The summed E-state index contributed by atoms with van der Waals surface area (Å²) >= 11 is 0. The van der Waals surface area contributed by atoms with Crippen molar-refractivity contribution in [2.45, 2.75) is 51.0 Å². The van der Waals surface area contributed by atoms with Gasteiger partial charge in [0.15, 0.2) is 11.5 Å². The number of anilines is 3. The number of hydrogen-bond donors (Lipinski definition) is 2. The summed E-state index contributed by atoms with van der Waals surface area (Å²) in [6.07, 6.45) is 9.34. The number of hydrogen-bond acceptors (Lipinski definition) is 6. The minimum absolute atomic E-state index is 0.0315. The maximum Gasteiger partial charge on any atom is 0.269 e. The largest absolute Gasteiger partial charge is 0.367 e. The number of carbonyl (C=O) groups excluding carboxylic acids is 2. The molecule has 1 amide bonds. The van der Waals surface area contributed by atoms with Gasteiger partial charge in [-0.1, -0.05) is 6.07 Å². The third-order valence-corrected chi connectivity index (χ3v) is 7.36. The van der Waals surface area contributed by atoms with Crippen LogP contribution in [0, 0.1) is 11.7 Å². The van der Waals surface area contributed by atoms with Gasteiger partial charge in [-0.25, -0.2) is 9.37 Å². The van der Waals surface area contributed by atoms with Crippen molar-refractivity contribution in [1.29, 1.82) is 0 Å². The Hall–Kier alpha value is -3.75. The van der Waals surface area contributed by atoms with Crippen LogP contribution < -0.4 is 16.0 Å². The van der Waals surface area contributed by atoms with E-state index >= 15 is 0 Å². The first-order chi connectivity index (χ1) is 17.3. The van der Waals surface area contributed by atoms with Crippen molar-refractivity contribution in [1.82, 2.24) is 14.8 Å². The molecule has 1 saturated carbocycles. The molecule has 8 nitrogen and oxygen atoms in total. The number of Topliss-reactive ketones (excluding diaryl/α,β-unsaturated/α-hetero) is 1. The van der Waals surface area contributed by atoms with E-state index in [1.165, 1.54) is 6.07 Å². The van der Waals surface area contributed by atoms with Crippen LogP contribution >= 0.6 is 0 Å². The van der Waals surface area contributed by atoms with Crippen LogP contribution in [0.1, 0.15) is 71.4 Å². The highest BCUT2D eigenvalue weighted by Crippen LogP contribution is 2.40. The maximum atomic E-state index is 14.7. The molecule has 0 unspecified atom stereocenters. The van der Waals surface area contributed by atoms with Gasteiger partial charge in [-0.2, -0.15) is 5.10 Å². The number of nitrogens with zero attached hydrogens (tertiary/aromatic N) is 4. The third kappa shape index (κ3) is 4.96.